The van der Waals surface area contributed by atoms with Crippen LogP contribution in [0.2, 0.25) is 0 Å². The van der Waals surface area contributed by atoms with Crippen LogP contribution < -0.4 is 10.9 Å². The van der Waals surface area contributed by atoms with Gasteiger partial charge in [0.1, 0.15) is 0 Å². The van der Waals surface area contributed by atoms with Crippen molar-refractivity contribution in [2.24, 2.45) is 0 Å². The molecule has 4 heteroatoms. The molecule has 0 radical (unpaired) electrons. The zero-order valence-electron chi connectivity index (χ0n) is 15.2. The zero-order chi connectivity index (χ0) is 17.5. The average molecular weight is 349 g/mol. The summed E-state index contributed by atoms with van der Waals surface area (Å²) in [5.41, 5.74) is 4.20. The van der Waals surface area contributed by atoms with Gasteiger partial charge in [0.05, 0.1) is 11.7 Å². The number of fused-ring (bicyclic) bond motifs is 1. The highest BCUT2D eigenvalue weighted by atomic mass is 16.1. The Kier molecular flexibility index (Phi) is 4.16. The van der Waals surface area contributed by atoms with E-state index in [-0.39, 0.29) is 11.6 Å². The third kappa shape index (κ3) is 3.23. The van der Waals surface area contributed by atoms with Gasteiger partial charge in [0.15, 0.2) is 0 Å². The third-order valence-electron chi connectivity index (χ3n) is 6.41. The number of hydrogen-bond acceptors (Lipinski definition) is 3. The number of benzene rings is 1. The molecule has 136 valence electrons. The highest BCUT2D eigenvalue weighted by Gasteiger charge is 2.29. The molecule has 0 unspecified atom stereocenters. The fourth-order valence-corrected chi connectivity index (χ4v) is 4.80. The van der Waals surface area contributed by atoms with Gasteiger partial charge in [-0.2, -0.15) is 5.10 Å². The Morgan fingerprint density at radius 1 is 0.846 bits per heavy atom. The summed E-state index contributed by atoms with van der Waals surface area (Å²) in [7, 11) is 0. The topological polar surface area (TPSA) is 46.9 Å². The molecule has 2 fully saturated rings. The summed E-state index contributed by atoms with van der Waals surface area (Å²) in [6, 6.07) is 13.9. The standard InChI is InChI=1S/C22H27N3O/c26-22-12-11-21(15-5-6-15)24-25(22)20-9-7-18(8-10-20)23-19-13-16-3-1-2-4-17(16)14-19/h1-4,11-12,15,18-20,23H,5-10,13-14H2. The highest BCUT2D eigenvalue weighted by Crippen LogP contribution is 2.38. The first kappa shape index (κ1) is 16.2. The van der Waals surface area contributed by atoms with E-state index in [0.717, 1.165) is 44.2 Å². The maximum Gasteiger partial charge on any atom is 0.267 e. The van der Waals surface area contributed by atoms with Crippen LogP contribution in [-0.2, 0) is 12.8 Å². The van der Waals surface area contributed by atoms with Crippen LogP contribution in [0.4, 0.5) is 0 Å². The van der Waals surface area contributed by atoms with Crippen LogP contribution in [-0.4, -0.2) is 21.9 Å². The van der Waals surface area contributed by atoms with Crippen LogP contribution in [0.25, 0.3) is 0 Å². The molecule has 1 aromatic heterocycles. The molecular formula is C22H27N3O. The first-order valence-electron chi connectivity index (χ1n) is 10.2. The largest absolute Gasteiger partial charge is 0.311 e. The first-order chi connectivity index (χ1) is 12.8. The lowest BCUT2D eigenvalue weighted by Crippen LogP contribution is -2.42. The van der Waals surface area contributed by atoms with Gasteiger partial charge in [-0.1, -0.05) is 24.3 Å². The van der Waals surface area contributed by atoms with E-state index in [1.807, 2.05) is 6.07 Å². The van der Waals surface area contributed by atoms with E-state index in [9.17, 15) is 4.79 Å². The molecule has 3 aliphatic rings. The molecule has 0 amide bonds. The van der Waals surface area contributed by atoms with E-state index in [4.69, 9.17) is 5.10 Å². The minimum absolute atomic E-state index is 0.0667. The lowest BCUT2D eigenvalue weighted by molar-refractivity contribution is 0.255. The predicted molar refractivity (Wildman–Crippen MR) is 103 cm³/mol. The van der Waals surface area contributed by atoms with Crippen molar-refractivity contribution in [3.05, 3.63) is 63.6 Å². The minimum Gasteiger partial charge on any atom is -0.311 e. The molecule has 2 saturated carbocycles. The monoisotopic (exact) mass is 349 g/mol. The van der Waals surface area contributed by atoms with E-state index in [0.29, 0.717) is 18.0 Å². The fourth-order valence-electron chi connectivity index (χ4n) is 4.80. The van der Waals surface area contributed by atoms with Crippen molar-refractivity contribution in [2.45, 2.75) is 75.4 Å². The van der Waals surface area contributed by atoms with E-state index >= 15 is 0 Å². The van der Waals surface area contributed by atoms with Gasteiger partial charge >= 0.3 is 0 Å². The SMILES string of the molecule is O=c1ccc(C2CC2)nn1C1CCC(NC2Cc3ccccc3C2)CC1. The molecule has 0 atom stereocenters. The Labute approximate surface area is 154 Å². The summed E-state index contributed by atoms with van der Waals surface area (Å²) in [5, 5.41) is 8.58. The second kappa shape index (κ2) is 6.66. The Hall–Kier alpha value is -1.94. The molecule has 1 N–H and O–H groups in total. The van der Waals surface area contributed by atoms with Crippen LogP contribution in [0.15, 0.2) is 41.2 Å². The molecule has 2 aromatic rings. The van der Waals surface area contributed by atoms with Gasteiger partial charge in [-0.3, -0.25) is 4.79 Å². The van der Waals surface area contributed by atoms with Gasteiger partial charge in [-0.25, -0.2) is 4.68 Å². The lowest BCUT2D eigenvalue weighted by Gasteiger charge is -2.31. The molecule has 4 nitrogen and oxygen atoms in total. The molecular weight excluding hydrogens is 322 g/mol. The number of nitrogens with zero attached hydrogens (tertiary/aromatic N) is 2. The van der Waals surface area contributed by atoms with Crippen molar-refractivity contribution in [3.63, 3.8) is 0 Å². The third-order valence-corrected chi connectivity index (χ3v) is 6.41. The molecule has 0 bridgehead atoms. The smallest absolute Gasteiger partial charge is 0.267 e. The average Bonchev–Trinajstić information content (AvgIpc) is 3.43. The van der Waals surface area contributed by atoms with Crippen molar-refractivity contribution in [2.75, 3.05) is 0 Å². The second-order valence-corrected chi connectivity index (χ2v) is 8.36. The van der Waals surface area contributed by atoms with Crippen molar-refractivity contribution in [1.29, 1.82) is 0 Å². The first-order valence-corrected chi connectivity index (χ1v) is 10.2. The maximum absolute atomic E-state index is 12.3. The quantitative estimate of drug-likeness (QED) is 0.921. The minimum atomic E-state index is 0.0667. The molecule has 0 spiro atoms. The molecule has 0 aliphatic heterocycles. The van der Waals surface area contributed by atoms with Crippen LogP contribution >= 0.6 is 0 Å². The maximum atomic E-state index is 12.3. The van der Waals surface area contributed by atoms with Gasteiger partial charge in [0, 0.05) is 24.1 Å². The summed E-state index contributed by atoms with van der Waals surface area (Å²) in [4.78, 5) is 12.3. The van der Waals surface area contributed by atoms with Crippen molar-refractivity contribution in [3.8, 4) is 0 Å². The van der Waals surface area contributed by atoms with Gasteiger partial charge in [0.2, 0.25) is 0 Å². The summed E-state index contributed by atoms with van der Waals surface area (Å²) in [6.45, 7) is 0. The number of aromatic nitrogens is 2. The molecule has 1 aromatic carbocycles. The number of nitrogens with one attached hydrogen (secondary N) is 1. The normalized spacial score (nSPS) is 26.0. The van der Waals surface area contributed by atoms with Gasteiger partial charge < -0.3 is 5.32 Å². The van der Waals surface area contributed by atoms with Crippen LogP contribution in [0, 0.1) is 0 Å². The molecule has 26 heavy (non-hydrogen) atoms. The Morgan fingerprint density at radius 2 is 1.54 bits per heavy atom. The molecule has 5 rings (SSSR count). The Morgan fingerprint density at radius 3 is 2.19 bits per heavy atom. The fraction of sp³-hybridized carbons (Fsp3) is 0.545. The van der Waals surface area contributed by atoms with E-state index in [2.05, 4.69) is 29.6 Å². The zero-order valence-corrected chi connectivity index (χ0v) is 15.2. The van der Waals surface area contributed by atoms with E-state index in [1.165, 1.54) is 24.0 Å². The van der Waals surface area contributed by atoms with Gasteiger partial charge in [-0.15, -0.1) is 0 Å². The summed E-state index contributed by atoms with van der Waals surface area (Å²) in [6.07, 6.45) is 9.15. The van der Waals surface area contributed by atoms with E-state index in [1.54, 1.807) is 10.7 Å². The Bertz CT molecular complexity index is 821. The van der Waals surface area contributed by atoms with Crippen LogP contribution in [0.1, 0.15) is 67.3 Å². The van der Waals surface area contributed by atoms with Gasteiger partial charge in [0.25, 0.3) is 5.56 Å². The van der Waals surface area contributed by atoms with Crippen molar-refractivity contribution >= 4 is 0 Å². The highest BCUT2D eigenvalue weighted by molar-refractivity contribution is 5.33. The van der Waals surface area contributed by atoms with Crippen LogP contribution in [0.3, 0.4) is 0 Å². The molecule has 1 heterocycles. The molecule has 3 aliphatic carbocycles. The Balaban J connectivity index is 1.19. The number of rotatable bonds is 4. The lowest BCUT2D eigenvalue weighted by atomic mass is 9.90. The second-order valence-electron chi connectivity index (χ2n) is 8.36. The summed E-state index contributed by atoms with van der Waals surface area (Å²) < 4.78 is 1.79. The van der Waals surface area contributed by atoms with Crippen LogP contribution in [0.5, 0.6) is 0 Å². The summed E-state index contributed by atoms with van der Waals surface area (Å²) >= 11 is 0. The van der Waals surface area contributed by atoms with Crippen molar-refractivity contribution < 1.29 is 0 Å². The van der Waals surface area contributed by atoms with E-state index < -0.39 is 0 Å². The number of hydrogen-bond donors (Lipinski definition) is 1. The molecule has 0 saturated heterocycles. The summed E-state index contributed by atoms with van der Waals surface area (Å²) in [5.74, 6) is 0.601. The van der Waals surface area contributed by atoms with Crippen molar-refractivity contribution in [1.82, 2.24) is 15.1 Å². The van der Waals surface area contributed by atoms with Gasteiger partial charge in [-0.05, 0) is 68.6 Å². The predicted octanol–water partition coefficient (Wildman–Crippen LogP) is 3.36.